The summed E-state index contributed by atoms with van der Waals surface area (Å²) in [5.74, 6) is 0.431. The molecule has 1 saturated heterocycles. The van der Waals surface area contributed by atoms with Gasteiger partial charge in [-0.2, -0.15) is 0 Å². The second kappa shape index (κ2) is 8.60. The second-order valence-corrected chi connectivity index (χ2v) is 10.0. The number of nitrogens with zero attached hydrogens (tertiary/aromatic N) is 3. The van der Waals surface area contributed by atoms with Gasteiger partial charge in [0.1, 0.15) is 0 Å². The highest BCUT2D eigenvalue weighted by atomic mass is 16.2. The van der Waals surface area contributed by atoms with Crippen molar-refractivity contribution in [3.63, 3.8) is 0 Å². The number of benzene rings is 3. The van der Waals surface area contributed by atoms with Crippen LogP contribution in [-0.4, -0.2) is 39.4 Å². The third-order valence-electron chi connectivity index (χ3n) is 6.64. The van der Waals surface area contributed by atoms with Gasteiger partial charge in [-0.15, -0.1) is 0 Å². The van der Waals surface area contributed by atoms with Crippen LogP contribution in [-0.2, 0) is 10.3 Å². The minimum absolute atomic E-state index is 0.0296. The predicted octanol–water partition coefficient (Wildman–Crippen LogP) is 5.44. The molecule has 1 aromatic heterocycles. The molecule has 34 heavy (non-hydrogen) atoms. The quantitative estimate of drug-likeness (QED) is 0.448. The van der Waals surface area contributed by atoms with E-state index in [9.17, 15) is 9.59 Å². The highest BCUT2D eigenvalue weighted by molar-refractivity contribution is 6.07. The van der Waals surface area contributed by atoms with E-state index in [1.54, 1.807) is 0 Å². The lowest BCUT2D eigenvalue weighted by molar-refractivity contribution is -0.121. The van der Waals surface area contributed by atoms with Gasteiger partial charge in [0, 0.05) is 30.1 Å². The van der Waals surface area contributed by atoms with Crippen LogP contribution in [0.3, 0.4) is 0 Å². The molecule has 1 aliphatic rings. The summed E-state index contributed by atoms with van der Waals surface area (Å²) in [5, 5.41) is 5.11. The standard InChI is InChI=1S/C28H30N4O2/c1-28(2,3)32-24-14-7-6-13-23(24)29-27(32)30-25(33)20-15-17-31(18-16-20)26(34)22-12-8-10-19-9-4-5-11-21(19)22/h4-14,20H,15-18H2,1-3H3,(H,29,30,33). The molecule has 174 valence electrons. The highest BCUT2D eigenvalue weighted by Gasteiger charge is 2.30. The molecular weight excluding hydrogens is 424 g/mol. The Bertz CT molecular complexity index is 1370. The van der Waals surface area contributed by atoms with Gasteiger partial charge in [0.15, 0.2) is 0 Å². The summed E-state index contributed by atoms with van der Waals surface area (Å²) in [6.45, 7) is 7.45. The number of hydrogen-bond acceptors (Lipinski definition) is 3. The van der Waals surface area contributed by atoms with Crippen molar-refractivity contribution in [3.05, 3.63) is 72.3 Å². The number of rotatable bonds is 3. The van der Waals surface area contributed by atoms with E-state index in [0.29, 0.717) is 31.9 Å². The van der Waals surface area contributed by atoms with Crippen LogP contribution in [0.2, 0.25) is 0 Å². The molecule has 2 amide bonds. The van der Waals surface area contributed by atoms with Crippen LogP contribution in [0.15, 0.2) is 66.7 Å². The lowest BCUT2D eigenvalue weighted by Crippen LogP contribution is -2.41. The summed E-state index contributed by atoms with van der Waals surface area (Å²) in [6.07, 6.45) is 1.27. The fraction of sp³-hybridized carbons (Fsp3) is 0.321. The van der Waals surface area contributed by atoms with Crippen LogP contribution >= 0.6 is 0 Å². The van der Waals surface area contributed by atoms with Crippen LogP contribution in [0, 0.1) is 5.92 Å². The monoisotopic (exact) mass is 454 g/mol. The number of likely N-dealkylation sites (tertiary alicyclic amines) is 1. The maximum atomic E-state index is 13.2. The Morgan fingerprint density at radius 1 is 0.912 bits per heavy atom. The summed E-state index contributed by atoms with van der Waals surface area (Å²) < 4.78 is 2.08. The van der Waals surface area contributed by atoms with Crippen molar-refractivity contribution in [2.45, 2.75) is 39.2 Å². The summed E-state index contributed by atoms with van der Waals surface area (Å²) in [5.41, 5.74) is 2.36. The molecule has 0 spiro atoms. The fourth-order valence-corrected chi connectivity index (χ4v) is 4.93. The highest BCUT2D eigenvalue weighted by Crippen LogP contribution is 2.29. The van der Waals surface area contributed by atoms with Gasteiger partial charge in [0.25, 0.3) is 5.91 Å². The van der Waals surface area contributed by atoms with Crippen molar-refractivity contribution in [2.24, 2.45) is 5.92 Å². The van der Waals surface area contributed by atoms with E-state index in [4.69, 9.17) is 4.98 Å². The normalized spacial score (nSPS) is 15.1. The lowest BCUT2D eigenvalue weighted by Gasteiger charge is -2.32. The number of fused-ring (bicyclic) bond motifs is 2. The van der Waals surface area contributed by atoms with Gasteiger partial charge in [-0.25, -0.2) is 4.98 Å². The lowest BCUT2D eigenvalue weighted by atomic mass is 9.95. The van der Waals surface area contributed by atoms with Crippen molar-refractivity contribution in [2.75, 3.05) is 18.4 Å². The molecule has 4 aromatic rings. The minimum atomic E-state index is -0.229. The number of piperidine rings is 1. The van der Waals surface area contributed by atoms with Crippen molar-refractivity contribution >= 4 is 39.6 Å². The van der Waals surface area contributed by atoms with Crippen LogP contribution < -0.4 is 5.32 Å². The van der Waals surface area contributed by atoms with Crippen LogP contribution in [0.25, 0.3) is 21.8 Å². The maximum Gasteiger partial charge on any atom is 0.254 e. The Hall–Kier alpha value is -3.67. The number of hydrogen-bond donors (Lipinski definition) is 1. The molecule has 3 aromatic carbocycles. The smallest absolute Gasteiger partial charge is 0.254 e. The first kappa shape index (κ1) is 22.1. The first-order valence-corrected chi connectivity index (χ1v) is 11.9. The summed E-state index contributed by atoms with van der Waals surface area (Å²) in [4.78, 5) is 33.0. The zero-order valence-electron chi connectivity index (χ0n) is 19.9. The number of para-hydroxylation sites is 2. The minimum Gasteiger partial charge on any atom is -0.339 e. The maximum absolute atomic E-state index is 13.2. The predicted molar refractivity (Wildman–Crippen MR) is 136 cm³/mol. The third kappa shape index (κ3) is 4.04. The Morgan fingerprint density at radius 3 is 2.35 bits per heavy atom. The Morgan fingerprint density at radius 2 is 1.59 bits per heavy atom. The zero-order valence-corrected chi connectivity index (χ0v) is 19.9. The average molecular weight is 455 g/mol. The first-order valence-electron chi connectivity index (χ1n) is 11.9. The molecule has 5 rings (SSSR count). The third-order valence-corrected chi connectivity index (χ3v) is 6.64. The summed E-state index contributed by atoms with van der Waals surface area (Å²) >= 11 is 0. The Kier molecular flexibility index (Phi) is 5.60. The molecule has 0 unspecified atom stereocenters. The SMILES string of the molecule is CC(C)(C)n1c(NC(=O)C2CCN(C(=O)c3cccc4ccccc34)CC2)nc2ccccc21. The van der Waals surface area contributed by atoms with Gasteiger partial charge in [0.2, 0.25) is 11.9 Å². The van der Waals surface area contributed by atoms with Gasteiger partial charge < -0.3 is 9.47 Å². The van der Waals surface area contributed by atoms with Crippen molar-refractivity contribution in [1.82, 2.24) is 14.5 Å². The van der Waals surface area contributed by atoms with Gasteiger partial charge in [0.05, 0.1) is 11.0 Å². The fourth-order valence-electron chi connectivity index (χ4n) is 4.93. The van der Waals surface area contributed by atoms with Crippen molar-refractivity contribution < 1.29 is 9.59 Å². The molecule has 1 N–H and O–H groups in total. The van der Waals surface area contributed by atoms with E-state index < -0.39 is 0 Å². The molecular formula is C28H30N4O2. The number of carbonyl (C=O) groups is 2. The number of imidazole rings is 1. The van der Waals surface area contributed by atoms with Crippen LogP contribution in [0.5, 0.6) is 0 Å². The molecule has 1 fully saturated rings. The largest absolute Gasteiger partial charge is 0.339 e. The topological polar surface area (TPSA) is 67.2 Å². The molecule has 0 bridgehead atoms. The number of carbonyl (C=O) groups excluding carboxylic acids is 2. The van der Waals surface area contributed by atoms with E-state index in [-0.39, 0.29) is 23.3 Å². The first-order chi connectivity index (χ1) is 16.3. The molecule has 1 aliphatic heterocycles. The van der Waals surface area contributed by atoms with Crippen molar-refractivity contribution in [1.29, 1.82) is 0 Å². The Labute approximate surface area is 199 Å². The van der Waals surface area contributed by atoms with Gasteiger partial charge in [-0.1, -0.05) is 48.5 Å². The van der Waals surface area contributed by atoms with E-state index >= 15 is 0 Å². The molecule has 6 heteroatoms. The molecule has 6 nitrogen and oxygen atoms in total. The van der Waals surface area contributed by atoms with E-state index in [1.807, 2.05) is 71.6 Å². The molecule has 2 heterocycles. The van der Waals surface area contributed by atoms with E-state index in [1.165, 1.54) is 0 Å². The molecule has 0 saturated carbocycles. The van der Waals surface area contributed by atoms with Gasteiger partial charge in [-0.3, -0.25) is 14.9 Å². The van der Waals surface area contributed by atoms with E-state index in [2.05, 4.69) is 30.7 Å². The van der Waals surface area contributed by atoms with Gasteiger partial charge >= 0.3 is 0 Å². The number of nitrogens with one attached hydrogen (secondary N) is 1. The number of amides is 2. The molecule has 0 radical (unpaired) electrons. The van der Waals surface area contributed by atoms with Gasteiger partial charge in [-0.05, 0) is 62.6 Å². The average Bonchev–Trinajstić information content (AvgIpc) is 3.21. The molecule has 0 aliphatic carbocycles. The van der Waals surface area contributed by atoms with Crippen LogP contribution in [0.1, 0.15) is 44.0 Å². The van der Waals surface area contributed by atoms with Crippen LogP contribution in [0.4, 0.5) is 5.95 Å². The Balaban J connectivity index is 1.29. The van der Waals surface area contributed by atoms with E-state index in [0.717, 1.165) is 27.4 Å². The summed E-state index contributed by atoms with van der Waals surface area (Å²) in [6, 6.07) is 21.7. The number of anilines is 1. The summed E-state index contributed by atoms with van der Waals surface area (Å²) in [7, 11) is 0. The number of aromatic nitrogens is 2. The van der Waals surface area contributed by atoms with Crippen molar-refractivity contribution in [3.8, 4) is 0 Å². The zero-order chi connectivity index (χ0) is 23.9. The molecule has 0 atom stereocenters. The second-order valence-electron chi connectivity index (χ2n) is 10.0.